The van der Waals surface area contributed by atoms with E-state index in [2.05, 4.69) is 0 Å². The molecule has 1 atom stereocenters. The first-order valence-electron chi connectivity index (χ1n) is 6.28. The highest BCUT2D eigenvalue weighted by Gasteiger charge is 2.07. The van der Waals surface area contributed by atoms with E-state index in [1.165, 1.54) is 0 Å². The highest BCUT2D eigenvalue weighted by Crippen LogP contribution is 2.13. The predicted octanol–water partition coefficient (Wildman–Crippen LogP) is 2.66. The van der Waals surface area contributed by atoms with Crippen molar-refractivity contribution in [2.45, 2.75) is 31.8 Å². The van der Waals surface area contributed by atoms with Gasteiger partial charge in [0.05, 0.1) is 13.2 Å². The molecule has 1 aromatic carbocycles. The van der Waals surface area contributed by atoms with E-state index in [4.69, 9.17) is 9.47 Å². The number of aryl methyl sites for hydroxylation is 1. The summed E-state index contributed by atoms with van der Waals surface area (Å²) in [5.74, 6) is 0.796. The SMILES string of the molecule is COc1ccc(CCC(O)CCOCC(F)F)cc1. The molecule has 0 aliphatic heterocycles. The Balaban J connectivity index is 2.16. The lowest BCUT2D eigenvalue weighted by Crippen LogP contribution is -2.13. The second kappa shape index (κ2) is 8.82. The summed E-state index contributed by atoms with van der Waals surface area (Å²) in [5, 5.41) is 9.68. The number of hydrogen-bond donors (Lipinski definition) is 1. The highest BCUT2D eigenvalue weighted by atomic mass is 19.3. The number of hydrogen-bond acceptors (Lipinski definition) is 3. The molecule has 0 radical (unpaired) electrons. The van der Waals surface area contributed by atoms with E-state index in [0.717, 1.165) is 17.7 Å². The zero-order valence-electron chi connectivity index (χ0n) is 11.0. The summed E-state index contributed by atoms with van der Waals surface area (Å²) < 4.78 is 33.4. The molecule has 1 unspecified atom stereocenters. The molecule has 19 heavy (non-hydrogen) atoms. The largest absolute Gasteiger partial charge is 0.497 e. The van der Waals surface area contributed by atoms with Crippen LogP contribution in [0.25, 0.3) is 0 Å². The summed E-state index contributed by atoms with van der Waals surface area (Å²) >= 11 is 0. The van der Waals surface area contributed by atoms with Gasteiger partial charge in [0, 0.05) is 6.61 Å². The van der Waals surface area contributed by atoms with Gasteiger partial charge in [-0.2, -0.15) is 0 Å². The fourth-order valence-corrected chi connectivity index (χ4v) is 1.66. The molecule has 0 aliphatic rings. The van der Waals surface area contributed by atoms with Gasteiger partial charge < -0.3 is 14.6 Å². The van der Waals surface area contributed by atoms with Gasteiger partial charge in [0.2, 0.25) is 0 Å². The standard InChI is InChI=1S/C14H20F2O3/c1-18-13-6-3-11(4-7-13)2-5-12(17)8-9-19-10-14(15)16/h3-4,6-7,12,14,17H,2,5,8-10H2,1H3. The van der Waals surface area contributed by atoms with Crippen molar-refractivity contribution in [1.82, 2.24) is 0 Å². The second-order valence-corrected chi connectivity index (χ2v) is 4.30. The second-order valence-electron chi connectivity index (χ2n) is 4.30. The first-order chi connectivity index (χ1) is 9.11. The van der Waals surface area contributed by atoms with Crippen molar-refractivity contribution < 1.29 is 23.4 Å². The van der Waals surface area contributed by atoms with Crippen LogP contribution in [0.2, 0.25) is 0 Å². The van der Waals surface area contributed by atoms with Crippen molar-refractivity contribution in [1.29, 1.82) is 0 Å². The van der Waals surface area contributed by atoms with Crippen molar-refractivity contribution in [2.24, 2.45) is 0 Å². The first kappa shape index (κ1) is 15.9. The van der Waals surface area contributed by atoms with Gasteiger partial charge in [0.15, 0.2) is 0 Å². The molecule has 3 nitrogen and oxygen atoms in total. The average Bonchev–Trinajstić information content (AvgIpc) is 2.41. The van der Waals surface area contributed by atoms with Crippen LogP contribution in [0.3, 0.4) is 0 Å². The third-order valence-electron chi connectivity index (χ3n) is 2.76. The maximum Gasteiger partial charge on any atom is 0.261 e. The molecule has 0 heterocycles. The van der Waals surface area contributed by atoms with Crippen LogP contribution in [0.15, 0.2) is 24.3 Å². The van der Waals surface area contributed by atoms with Gasteiger partial charge in [-0.05, 0) is 37.0 Å². The summed E-state index contributed by atoms with van der Waals surface area (Å²) in [7, 11) is 1.61. The van der Waals surface area contributed by atoms with Crippen LogP contribution in [-0.4, -0.2) is 38.0 Å². The van der Waals surface area contributed by atoms with E-state index >= 15 is 0 Å². The monoisotopic (exact) mass is 274 g/mol. The summed E-state index contributed by atoms with van der Waals surface area (Å²) in [4.78, 5) is 0. The minimum Gasteiger partial charge on any atom is -0.497 e. The molecule has 0 saturated carbocycles. The first-order valence-corrected chi connectivity index (χ1v) is 6.28. The van der Waals surface area contributed by atoms with Gasteiger partial charge in [-0.25, -0.2) is 8.78 Å². The zero-order valence-corrected chi connectivity index (χ0v) is 11.0. The normalized spacial score (nSPS) is 12.7. The number of halogens is 2. The predicted molar refractivity (Wildman–Crippen MR) is 68.8 cm³/mol. The molecular formula is C14H20F2O3. The number of aliphatic hydroxyl groups excluding tert-OH is 1. The van der Waals surface area contributed by atoms with Crippen LogP contribution in [0.1, 0.15) is 18.4 Å². The molecular weight excluding hydrogens is 254 g/mol. The minimum absolute atomic E-state index is 0.161. The molecule has 0 spiro atoms. The Morgan fingerprint density at radius 3 is 2.42 bits per heavy atom. The van der Waals surface area contributed by atoms with Gasteiger partial charge in [0.1, 0.15) is 12.4 Å². The van der Waals surface area contributed by atoms with E-state index in [1.807, 2.05) is 24.3 Å². The van der Waals surface area contributed by atoms with E-state index in [-0.39, 0.29) is 6.61 Å². The quantitative estimate of drug-likeness (QED) is 0.704. The number of alkyl halides is 2. The Morgan fingerprint density at radius 1 is 1.16 bits per heavy atom. The molecule has 1 rings (SSSR count). The molecule has 108 valence electrons. The fraction of sp³-hybridized carbons (Fsp3) is 0.571. The smallest absolute Gasteiger partial charge is 0.261 e. The molecule has 0 amide bonds. The third-order valence-corrected chi connectivity index (χ3v) is 2.76. The maximum atomic E-state index is 11.8. The Bertz CT molecular complexity index is 341. The van der Waals surface area contributed by atoms with E-state index in [9.17, 15) is 13.9 Å². The Labute approximate surface area is 112 Å². The van der Waals surface area contributed by atoms with Gasteiger partial charge >= 0.3 is 0 Å². The van der Waals surface area contributed by atoms with Crippen LogP contribution in [0, 0.1) is 0 Å². The van der Waals surface area contributed by atoms with E-state index in [1.54, 1.807) is 7.11 Å². The zero-order chi connectivity index (χ0) is 14.1. The summed E-state index contributed by atoms with van der Waals surface area (Å²) in [6.07, 6.45) is -1.27. The van der Waals surface area contributed by atoms with Gasteiger partial charge in [-0.3, -0.25) is 0 Å². The summed E-state index contributed by atoms with van der Waals surface area (Å²) in [5.41, 5.74) is 1.10. The van der Waals surface area contributed by atoms with Crippen molar-refractivity contribution in [2.75, 3.05) is 20.3 Å². The summed E-state index contributed by atoms with van der Waals surface area (Å²) in [6, 6.07) is 7.62. The number of ether oxygens (including phenoxy) is 2. The molecule has 5 heteroatoms. The van der Waals surface area contributed by atoms with Crippen molar-refractivity contribution in [3.8, 4) is 5.75 Å². The van der Waals surface area contributed by atoms with E-state index < -0.39 is 19.1 Å². The van der Waals surface area contributed by atoms with Crippen LogP contribution >= 0.6 is 0 Å². The number of benzene rings is 1. The highest BCUT2D eigenvalue weighted by molar-refractivity contribution is 5.27. The molecule has 0 saturated heterocycles. The Kier molecular flexibility index (Phi) is 7.36. The maximum absolute atomic E-state index is 11.8. The van der Waals surface area contributed by atoms with Crippen LogP contribution in [0.4, 0.5) is 8.78 Å². The molecule has 0 fully saturated rings. The minimum atomic E-state index is -2.45. The summed E-state index contributed by atoms with van der Waals surface area (Å²) in [6.45, 7) is -0.403. The molecule has 1 N–H and O–H groups in total. The van der Waals surface area contributed by atoms with Crippen molar-refractivity contribution >= 4 is 0 Å². The lowest BCUT2D eigenvalue weighted by atomic mass is 10.1. The van der Waals surface area contributed by atoms with Crippen LogP contribution in [0.5, 0.6) is 5.75 Å². The topological polar surface area (TPSA) is 38.7 Å². The Hall–Kier alpha value is -1.20. The lowest BCUT2D eigenvalue weighted by molar-refractivity contribution is 0.00429. The van der Waals surface area contributed by atoms with Gasteiger partial charge in [0.25, 0.3) is 6.43 Å². The lowest BCUT2D eigenvalue weighted by Gasteiger charge is -2.11. The number of aliphatic hydroxyl groups is 1. The van der Waals surface area contributed by atoms with Gasteiger partial charge in [-0.15, -0.1) is 0 Å². The van der Waals surface area contributed by atoms with Gasteiger partial charge in [-0.1, -0.05) is 12.1 Å². The van der Waals surface area contributed by atoms with Crippen LogP contribution in [-0.2, 0) is 11.2 Å². The number of rotatable bonds is 9. The average molecular weight is 274 g/mol. The molecule has 1 aromatic rings. The molecule has 0 bridgehead atoms. The van der Waals surface area contributed by atoms with Crippen molar-refractivity contribution in [3.05, 3.63) is 29.8 Å². The fourth-order valence-electron chi connectivity index (χ4n) is 1.66. The van der Waals surface area contributed by atoms with Crippen LogP contribution < -0.4 is 4.74 Å². The van der Waals surface area contributed by atoms with E-state index in [0.29, 0.717) is 12.8 Å². The molecule has 0 aliphatic carbocycles. The third kappa shape index (κ3) is 7.08. The molecule has 0 aromatic heterocycles. The van der Waals surface area contributed by atoms with Crippen molar-refractivity contribution in [3.63, 3.8) is 0 Å². The number of methoxy groups -OCH3 is 1. The Morgan fingerprint density at radius 2 is 1.84 bits per heavy atom.